The lowest BCUT2D eigenvalue weighted by Crippen LogP contribution is -2.37. The van der Waals surface area contributed by atoms with Crippen LogP contribution in [0.4, 0.5) is 0 Å². The predicted octanol–water partition coefficient (Wildman–Crippen LogP) is 3.81. The molecular formula is C22H22N2O2. The van der Waals surface area contributed by atoms with Crippen molar-refractivity contribution in [3.8, 4) is 11.3 Å². The number of hydrogen-bond acceptors (Lipinski definition) is 3. The van der Waals surface area contributed by atoms with Crippen molar-refractivity contribution in [3.63, 3.8) is 0 Å². The van der Waals surface area contributed by atoms with E-state index in [9.17, 15) is 9.90 Å². The number of likely N-dealkylation sites (tertiary alicyclic amines) is 1. The van der Waals surface area contributed by atoms with E-state index in [1.54, 1.807) is 0 Å². The molecule has 0 bridgehead atoms. The Hall–Kier alpha value is -2.72. The molecule has 1 saturated heterocycles. The summed E-state index contributed by atoms with van der Waals surface area (Å²) >= 11 is 0. The fourth-order valence-corrected chi connectivity index (χ4v) is 3.80. The Bertz CT molecular complexity index is 967. The third kappa shape index (κ3) is 2.86. The number of carbonyl (C=O) groups excluding carboxylic acids is 1. The monoisotopic (exact) mass is 346 g/mol. The highest BCUT2D eigenvalue weighted by Gasteiger charge is 2.30. The second kappa shape index (κ2) is 6.89. The fourth-order valence-electron chi connectivity index (χ4n) is 3.80. The van der Waals surface area contributed by atoms with Crippen LogP contribution in [0.15, 0.2) is 54.6 Å². The van der Waals surface area contributed by atoms with Crippen LogP contribution in [0.25, 0.3) is 22.2 Å². The molecule has 0 saturated carbocycles. The van der Waals surface area contributed by atoms with Crippen LogP contribution in [0.1, 0.15) is 28.8 Å². The van der Waals surface area contributed by atoms with Gasteiger partial charge in [0.05, 0.1) is 29.4 Å². The Kier molecular flexibility index (Phi) is 4.43. The molecule has 4 heteroatoms. The average molecular weight is 346 g/mol. The summed E-state index contributed by atoms with van der Waals surface area (Å²) in [5, 5.41) is 10.5. The average Bonchev–Trinajstić information content (AvgIpc) is 3.16. The Balaban J connectivity index is 1.88. The van der Waals surface area contributed by atoms with E-state index in [1.807, 2.05) is 53.4 Å². The molecule has 2 aromatic carbocycles. The molecule has 26 heavy (non-hydrogen) atoms. The van der Waals surface area contributed by atoms with E-state index in [-0.39, 0.29) is 18.6 Å². The van der Waals surface area contributed by atoms with Gasteiger partial charge in [-0.05, 0) is 37.5 Å². The van der Waals surface area contributed by atoms with Gasteiger partial charge in [-0.15, -0.1) is 0 Å². The van der Waals surface area contributed by atoms with Crippen molar-refractivity contribution < 1.29 is 9.90 Å². The summed E-state index contributed by atoms with van der Waals surface area (Å²) in [5.74, 6) is -0.0185. The van der Waals surface area contributed by atoms with Crippen molar-refractivity contribution in [2.45, 2.75) is 25.8 Å². The van der Waals surface area contributed by atoms with Gasteiger partial charge in [-0.3, -0.25) is 4.79 Å². The Morgan fingerprint density at radius 2 is 1.96 bits per heavy atom. The van der Waals surface area contributed by atoms with Crippen molar-refractivity contribution >= 4 is 16.8 Å². The molecule has 4 rings (SSSR count). The Morgan fingerprint density at radius 3 is 2.77 bits per heavy atom. The topological polar surface area (TPSA) is 53.4 Å². The van der Waals surface area contributed by atoms with Crippen LogP contribution in [0, 0.1) is 6.92 Å². The van der Waals surface area contributed by atoms with Crippen LogP contribution in [-0.4, -0.2) is 40.1 Å². The number of amides is 1. The van der Waals surface area contributed by atoms with Crippen LogP contribution in [-0.2, 0) is 0 Å². The number of nitrogens with zero attached hydrogens (tertiary/aromatic N) is 2. The van der Waals surface area contributed by atoms with Crippen LogP contribution in [0.3, 0.4) is 0 Å². The van der Waals surface area contributed by atoms with Crippen LogP contribution in [0.2, 0.25) is 0 Å². The smallest absolute Gasteiger partial charge is 0.254 e. The van der Waals surface area contributed by atoms with Crippen molar-refractivity contribution in [1.29, 1.82) is 0 Å². The van der Waals surface area contributed by atoms with Crippen molar-refractivity contribution in [1.82, 2.24) is 9.88 Å². The third-order valence-electron chi connectivity index (χ3n) is 5.22. The zero-order valence-corrected chi connectivity index (χ0v) is 14.9. The quantitative estimate of drug-likeness (QED) is 0.785. The first-order valence-corrected chi connectivity index (χ1v) is 9.06. The first kappa shape index (κ1) is 16.7. The number of fused-ring (bicyclic) bond motifs is 1. The van der Waals surface area contributed by atoms with E-state index in [2.05, 4.69) is 13.0 Å². The van der Waals surface area contributed by atoms with E-state index < -0.39 is 0 Å². The van der Waals surface area contributed by atoms with E-state index in [0.717, 1.165) is 40.6 Å². The molecule has 1 fully saturated rings. The normalized spacial score (nSPS) is 17.0. The number of hydrogen-bond donors (Lipinski definition) is 1. The number of rotatable bonds is 3. The van der Waals surface area contributed by atoms with Crippen molar-refractivity contribution in [2.24, 2.45) is 0 Å². The molecule has 3 aromatic rings. The summed E-state index contributed by atoms with van der Waals surface area (Å²) in [7, 11) is 0. The van der Waals surface area contributed by atoms with Crippen LogP contribution < -0.4 is 0 Å². The largest absolute Gasteiger partial charge is 0.394 e. The molecule has 0 radical (unpaired) electrons. The van der Waals surface area contributed by atoms with Gasteiger partial charge in [-0.25, -0.2) is 4.98 Å². The third-order valence-corrected chi connectivity index (χ3v) is 5.22. The minimum atomic E-state index is -0.0867. The van der Waals surface area contributed by atoms with Gasteiger partial charge in [-0.2, -0.15) is 0 Å². The first-order chi connectivity index (χ1) is 12.7. The van der Waals surface area contributed by atoms with Gasteiger partial charge in [0, 0.05) is 17.5 Å². The Labute approximate surface area is 153 Å². The summed E-state index contributed by atoms with van der Waals surface area (Å²) in [6.45, 7) is 2.76. The Morgan fingerprint density at radius 1 is 1.19 bits per heavy atom. The van der Waals surface area contributed by atoms with Gasteiger partial charge in [-0.1, -0.05) is 42.5 Å². The molecule has 1 N–H and O–H groups in total. The van der Waals surface area contributed by atoms with Gasteiger partial charge in [0.15, 0.2) is 0 Å². The highest BCUT2D eigenvalue weighted by atomic mass is 16.3. The standard InChI is InChI=1S/C22H22N2O2/c1-15-7-2-3-9-17(15)21-13-19(18-10-4-5-11-20(18)23-21)22(26)24-12-6-8-16(24)14-25/h2-5,7,9-11,13,16,25H,6,8,12,14H2,1H3/t16-/m0/s1. The number of aryl methyl sites for hydroxylation is 1. The van der Waals surface area contributed by atoms with Gasteiger partial charge in [0.25, 0.3) is 5.91 Å². The van der Waals surface area contributed by atoms with Crippen LogP contribution in [0.5, 0.6) is 0 Å². The molecule has 2 heterocycles. The lowest BCUT2D eigenvalue weighted by molar-refractivity contribution is 0.0679. The number of aliphatic hydroxyl groups excluding tert-OH is 1. The van der Waals surface area contributed by atoms with Gasteiger partial charge < -0.3 is 10.0 Å². The van der Waals surface area contributed by atoms with E-state index in [1.165, 1.54) is 0 Å². The lowest BCUT2D eigenvalue weighted by atomic mass is 10.0. The van der Waals surface area contributed by atoms with Gasteiger partial charge >= 0.3 is 0 Å². The maximum Gasteiger partial charge on any atom is 0.254 e. The molecule has 132 valence electrons. The molecule has 1 aromatic heterocycles. The molecule has 0 spiro atoms. The molecule has 0 aliphatic carbocycles. The highest BCUT2D eigenvalue weighted by molar-refractivity contribution is 6.07. The second-order valence-corrected chi connectivity index (χ2v) is 6.86. The summed E-state index contributed by atoms with van der Waals surface area (Å²) in [6.07, 6.45) is 1.79. The number of aliphatic hydroxyl groups is 1. The number of benzene rings is 2. The second-order valence-electron chi connectivity index (χ2n) is 6.86. The SMILES string of the molecule is Cc1ccccc1-c1cc(C(=O)N2CCC[C@H]2CO)c2ccccc2n1. The number of carbonyl (C=O) groups is 1. The number of para-hydroxylation sites is 1. The summed E-state index contributed by atoms with van der Waals surface area (Å²) in [4.78, 5) is 19.9. The maximum atomic E-state index is 13.3. The molecule has 0 unspecified atom stereocenters. The molecule has 4 nitrogen and oxygen atoms in total. The van der Waals surface area contributed by atoms with Crippen molar-refractivity contribution in [2.75, 3.05) is 13.2 Å². The van der Waals surface area contributed by atoms with Crippen molar-refractivity contribution in [3.05, 3.63) is 65.7 Å². The van der Waals surface area contributed by atoms with E-state index >= 15 is 0 Å². The fraction of sp³-hybridized carbons (Fsp3) is 0.273. The number of aromatic nitrogens is 1. The summed E-state index contributed by atoms with van der Waals surface area (Å²) < 4.78 is 0. The minimum Gasteiger partial charge on any atom is -0.394 e. The predicted molar refractivity (Wildman–Crippen MR) is 103 cm³/mol. The molecule has 1 amide bonds. The lowest BCUT2D eigenvalue weighted by Gasteiger charge is -2.24. The zero-order chi connectivity index (χ0) is 18.1. The molecule has 1 aliphatic rings. The minimum absolute atomic E-state index is 0.0133. The van der Waals surface area contributed by atoms with Crippen LogP contribution >= 0.6 is 0 Å². The van der Waals surface area contributed by atoms with E-state index in [0.29, 0.717) is 12.1 Å². The zero-order valence-electron chi connectivity index (χ0n) is 14.9. The highest BCUT2D eigenvalue weighted by Crippen LogP contribution is 2.29. The molecule has 1 aliphatic heterocycles. The number of pyridine rings is 1. The van der Waals surface area contributed by atoms with Gasteiger partial charge in [0.2, 0.25) is 0 Å². The summed E-state index contributed by atoms with van der Waals surface area (Å²) in [6, 6.07) is 17.7. The first-order valence-electron chi connectivity index (χ1n) is 9.06. The summed E-state index contributed by atoms with van der Waals surface area (Å²) in [5.41, 5.74) is 4.45. The maximum absolute atomic E-state index is 13.3. The molecule has 1 atom stereocenters. The van der Waals surface area contributed by atoms with E-state index in [4.69, 9.17) is 4.98 Å². The molecular weight excluding hydrogens is 324 g/mol. The van der Waals surface area contributed by atoms with Gasteiger partial charge in [0.1, 0.15) is 0 Å².